The quantitative estimate of drug-likeness (QED) is 0.592. The number of hydrogen-bond acceptors (Lipinski definition) is 3. The van der Waals surface area contributed by atoms with E-state index < -0.39 is 5.97 Å². The summed E-state index contributed by atoms with van der Waals surface area (Å²) in [5.41, 5.74) is 3.13. The predicted molar refractivity (Wildman–Crippen MR) is 97.8 cm³/mol. The van der Waals surface area contributed by atoms with Gasteiger partial charge in [0, 0.05) is 16.2 Å². The second-order valence-electron chi connectivity index (χ2n) is 4.97. The molecule has 0 aliphatic rings. The molecular formula is C18H16O2S2. The fraction of sp³-hybridized carbons (Fsp3) is 0.111. The van der Waals surface area contributed by atoms with Crippen molar-refractivity contribution in [3.8, 4) is 0 Å². The third-order valence-electron chi connectivity index (χ3n) is 3.07. The number of rotatable bonds is 6. The average Bonchev–Trinajstić information content (AvgIpc) is 2.94. The molecule has 1 N–H and O–H groups in total. The van der Waals surface area contributed by atoms with Crippen molar-refractivity contribution in [1.29, 1.82) is 0 Å². The van der Waals surface area contributed by atoms with Crippen molar-refractivity contribution >= 4 is 46.5 Å². The first-order valence-electron chi connectivity index (χ1n) is 6.74. The van der Waals surface area contributed by atoms with Gasteiger partial charge in [0.15, 0.2) is 0 Å². The molecule has 1 aromatic heterocycles. The minimum atomic E-state index is -0.889. The molecular weight excluding hydrogens is 312 g/mol. The summed E-state index contributed by atoms with van der Waals surface area (Å²) in [6, 6.07) is 11.6. The molecule has 2 rings (SSSR count). The molecule has 0 amide bonds. The van der Waals surface area contributed by atoms with E-state index in [2.05, 4.69) is 12.6 Å². The topological polar surface area (TPSA) is 37.3 Å². The molecule has 0 bridgehead atoms. The zero-order valence-corrected chi connectivity index (χ0v) is 13.8. The summed E-state index contributed by atoms with van der Waals surface area (Å²) in [6.45, 7) is 5.78. The Morgan fingerprint density at radius 3 is 2.73 bits per heavy atom. The number of aromatic carboxylic acids is 1. The van der Waals surface area contributed by atoms with Crippen molar-refractivity contribution in [1.82, 2.24) is 0 Å². The van der Waals surface area contributed by atoms with E-state index in [1.165, 1.54) is 11.3 Å². The van der Waals surface area contributed by atoms with Gasteiger partial charge in [0.05, 0.1) is 0 Å². The zero-order chi connectivity index (χ0) is 16.1. The van der Waals surface area contributed by atoms with Crippen molar-refractivity contribution in [2.75, 3.05) is 0 Å². The SMILES string of the molecule is C=C(C)C(=S)Cc1cccc(/C=C/c2ccc(C(=O)O)s2)c1. The van der Waals surface area contributed by atoms with Crippen molar-refractivity contribution in [3.05, 3.63) is 69.4 Å². The van der Waals surface area contributed by atoms with Gasteiger partial charge in [0.25, 0.3) is 0 Å². The normalized spacial score (nSPS) is 10.8. The van der Waals surface area contributed by atoms with Gasteiger partial charge in [-0.25, -0.2) is 4.79 Å². The largest absolute Gasteiger partial charge is 0.477 e. The number of carboxylic acids is 1. The van der Waals surface area contributed by atoms with Crippen LogP contribution in [0.4, 0.5) is 0 Å². The monoisotopic (exact) mass is 328 g/mol. The maximum Gasteiger partial charge on any atom is 0.345 e. The molecule has 0 aliphatic carbocycles. The summed E-state index contributed by atoms with van der Waals surface area (Å²) >= 11 is 6.56. The van der Waals surface area contributed by atoms with Gasteiger partial charge in [0.2, 0.25) is 0 Å². The van der Waals surface area contributed by atoms with Gasteiger partial charge in [-0.2, -0.15) is 0 Å². The van der Waals surface area contributed by atoms with Gasteiger partial charge in [0.1, 0.15) is 4.88 Å². The number of carbonyl (C=O) groups is 1. The van der Waals surface area contributed by atoms with Crippen LogP contribution in [0.1, 0.15) is 32.6 Å². The Balaban J connectivity index is 2.12. The molecule has 2 nitrogen and oxygen atoms in total. The van der Waals surface area contributed by atoms with Crippen LogP contribution in [0.3, 0.4) is 0 Å². The molecule has 0 unspecified atom stereocenters. The van der Waals surface area contributed by atoms with Crippen LogP contribution in [0.15, 0.2) is 48.6 Å². The summed E-state index contributed by atoms with van der Waals surface area (Å²) in [5.74, 6) is -0.889. The average molecular weight is 328 g/mol. The molecule has 22 heavy (non-hydrogen) atoms. The Kier molecular flexibility index (Phi) is 5.41. The molecule has 1 aromatic carbocycles. The van der Waals surface area contributed by atoms with E-state index in [4.69, 9.17) is 17.3 Å². The van der Waals surface area contributed by atoms with Gasteiger partial charge in [-0.15, -0.1) is 11.3 Å². The van der Waals surface area contributed by atoms with Crippen LogP contribution in [0, 0.1) is 0 Å². The second-order valence-corrected chi connectivity index (χ2v) is 6.57. The van der Waals surface area contributed by atoms with E-state index in [0.717, 1.165) is 26.4 Å². The maximum absolute atomic E-state index is 10.9. The van der Waals surface area contributed by atoms with Crippen LogP contribution in [0.2, 0.25) is 0 Å². The fourth-order valence-corrected chi connectivity index (χ4v) is 2.79. The molecule has 0 spiro atoms. The van der Waals surface area contributed by atoms with E-state index in [-0.39, 0.29) is 0 Å². The van der Waals surface area contributed by atoms with E-state index in [1.807, 2.05) is 43.3 Å². The van der Waals surface area contributed by atoms with E-state index in [9.17, 15) is 4.79 Å². The standard InChI is InChI=1S/C18H16O2S2/c1-12(2)16(21)11-14-5-3-4-13(10-14)6-7-15-8-9-17(22-15)18(19)20/h3-10H,1,11H2,2H3,(H,19,20)/b7-6+. The van der Waals surface area contributed by atoms with Crippen LogP contribution in [-0.4, -0.2) is 15.9 Å². The van der Waals surface area contributed by atoms with Gasteiger partial charge in [-0.3, -0.25) is 0 Å². The summed E-state index contributed by atoms with van der Waals surface area (Å²) in [5, 5.41) is 8.92. The number of thiophene rings is 1. The smallest absolute Gasteiger partial charge is 0.345 e. The molecule has 0 saturated heterocycles. The Morgan fingerprint density at radius 2 is 2.09 bits per heavy atom. The molecule has 0 atom stereocenters. The first-order chi connectivity index (χ1) is 10.5. The minimum Gasteiger partial charge on any atom is -0.477 e. The Morgan fingerprint density at radius 1 is 1.32 bits per heavy atom. The van der Waals surface area contributed by atoms with Gasteiger partial charge in [-0.05, 0) is 41.8 Å². The number of carboxylic acid groups (broad SMARTS) is 1. The first-order valence-corrected chi connectivity index (χ1v) is 7.97. The molecule has 4 heteroatoms. The lowest BCUT2D eigenvalue weighted by atomic mass is 10.0. The highest BCUT2D eigenvalue weighted by molar-refractivity contribution is 7.80. The molecule has 112 valence electrons. The highest BCUT2D eigenvalue weighted by atomic mass is 32.1. The van der Waals surface area contributed by atoms with Crippen molar-refractivity contribution < 1.29 is 9.90 Å². The third kappa shape index (κ3) is 4.48. The van der Waals surface area contributed by atoms with Gasteiger partial charge >= 0.3 is 5.97 Å². The minimum absolute atomic E-state index is 0.347. The number of thiocarbonyl (C=S) groups is 1. The van der Waals surface area contributed by atoms with Crippen molar-refractivity contribution in [2.45, 2.75) is 13.3 Å². The highest BCUT2D eigenvalue weighted by Gasteiger charge is 2.05. The molecule has 0 saturated carbocycles. The summed E-state index contributed by atoms with van der Waals surface area (Å²) in [6.07, 6.45) is 4.62. The van der Waals surface area contributed by atoms with E-state index >= 15 is 0 Å². The van der Waals surface area contributed by atoms with E-state index in [0.29, 0.717) is 11.3 Å². The summed E-state index contributed by atoms with van der Waals surface area (Å²) < 4.78 is 0. The lowest BCUT2D eigenvalue weighted by Crippen LogP contribution is -2.00. The van der Waals surface area contributed by atoms with Crippen LogP contribution in [0.25, 0.3) is 12.2 Å². The fourth-order valence-electron chi connectivity index (χ4n) is 1.88. The van der Waals surface area contributed by atoms with Crippen LogP contribution in [-0.2, 0) is 6.42 Å². The molecule has 2 aromatic rings. The van der Waals surface area contributed by atoms with Crippen molar-refractivity contribution in [2.24, 2.45) is 0 Å². The van der Waals surface area contributed by atoms with Gasteiger partial charge < -0.3 is 5.11 Å². The van der Waals surface area contributed by atoms with Gasteiger partial charge in [-0.1, -0.05) is 49.1 Å². The second kappa shape index (κ2) is 7.29. The zero-order valence-electron chi connectivity index (χ0n) is 12.2. The molecule has 1 heterocycles. The summed E-state index contributed by atoms with van der Waals surface area (Å²) in [4.78, 5) is 13.0. The highest BCUT2D eigenvalue weighted by Crippen LogP contribution is 2.19. The predicted octanol–water partition coefficient (Wildman–Crippen LogP) is 5.11. The Hall–Kier alpha value is -2.04. The number of benzene rings is 1. The maximum atomic E-state index is 10.9. The number of allylic oxidation sites excluding steroid dienone is 1. The number of hydrogen-bond donors (Lipinski definition) is 1. The summed E-state index contributed by atoms with van der Waals surface area (Å²) in [7, 11) is 0. The Labute approximate surface area is 139 Å². The molecule has 0 aliphatic heterocycles. The molecule has 0 radical (unpaired) electrons. The van der Waals surface area contributed by atoms with Crippen LogP contribution >= 0.6 is 23.6 Å². The van der Waals surface area contributed by atoms with Crippen LogP contribution < -0.4 is 0 Å². The molecule has 0 fully saturated rings. The lowest BCUT2D eigenvalue weighted by molar-refractivity contribution is 0.0702. The third-order valence-corrected chi connectivity index (χ3v) is 4.60. The van der Waals surface area contributed by atoms with Crippen molar-refractivity contribution in [3.63, 3.8) is 0 Å². The van der Waals surface area contributed by atoms with E-state index in [1.54, 1.807) is 6.07 Å². The van der Waals surface area contributed by atoms with Crippen LogP contribution in [0.5, 0.6) is 0 Å². The Bertz CT molecular complexity index is 754. The lowest BCUT2D eigenvalue weighted by Gasteiger charge is -2.04. The first kappa shape index (κ1) is 16.3.